The van der Waals surface area contributed by atoms with Crippen molar-refractivity contribution in [1.29, 1.82) is 0 Å². The van der Waals surface area contributed by atoms with Gasteiger partial charge in [0.2, 0.25) is 10.0 Å². The van der Waals surface area contributed by atoms with Crippen molar-refractivity contribution in [3.63, 3.8) is 0 Å². The Morgan fingerprint density at radius 2 is 1.84 bits per heavy atom. The van der Waals surface area contributed by atoms with Gasteiger partial charge in [0, 0.05) is 51.0 Å². The van der Waals surface area contributed by atoms with Crippen LogP contribution in [0.25, 0.3) is 0 Å². The molecular formula is C23H31N3O5S. The third-order valence-corrected chi connectivity index (χ3v) is 7.69. The standard InChI is InChI=1S/C23H31N3O5S/c1-25-9-8-18-14-17(4-6-20(18)25)21(26-10-12-31-13-11-26)16-24-32(27,28)23-7-5-19(29-2)15-22(23)30-3/h4-7,14-15,21,24H,8-13,16H2,1-3H3/t21-/m1/s1. The Morgan fingerprint density at radius 1 is 1.06 bits per heavy atom. The first-order chi connectivity index (χ1) is 15.4. The second kappa shape index (κ2) is 9.66. The van der Waals surface area contributed by atoms with E-state index in [-0.39, 0.29) is 23.2 Å². The summed E-state index contributed by atoms with van der Waals surface area (Å²) in [6.07, 6.45) is 1.00. The molecule has 0 bridgehead atoms. The number of fused-ring (bicyclic) bond motifs is 1. The van der Waals surface area contributed by atoms with Gasteiger partial charge in [-0.05, 0) is 35.7 Å². The van der Waals surface area contributed by atoms with Crippen molar-refractivity contribution in [3.05, 3.63) is 47.5 Å². The van der Waals surface area contributed by atoms with Crippen molar-refractivity contribution < 1.29 is 22.6 Å². The van der Waals surface area contributed by atoms with Crippen LogP contribution < -0.4 is 19.1 Å². The Bertz CT molecular complexity index is 1050. The van der Waals surface area contributed by atoms with Crippen LogP contribution in [0.3, 0.4) is 0 Å². The second-order valence-corrected chi connectivity index (χ2v) is 9.83. The van der Waals surface area contributed by atoms with Gasteiger partial charge in [-0.2, -0.15) is 0 Å². The summed E-state index contributed by atoms with van der Waals surface area (Å²) in [6, 6.07) is 11.1. The minimum absolute atomic E-state index is 0.0888. The normalized spacial score (nSPS) is 17.8. The van der Waals surface area contributed by atoms with Gasteiger partial charge in [0.1, 0.15) is 16.4 Å². The molecule has 2 aliphatic heterocycles. The molecule has 0 unspecified atom stereocenters. The molecule has 4 rings (SSSR count). The molecule has 1 N–H and O–H groups in total. The molecule has 0 aliphatic carbocycles. The maximum atomic E-state index is 13.2. The maximum absolute atomic E-state index is 13.2. The number of hydrogen-bond acceptors (Lipinski definition) is 7. The molecule has 0 aromatic heterocycles. The van der Waals surface area contributed by atoms with Crippen molar-refractivity contribution in [2.45, 2.75) is 17.4 Å². The highest BCUT2D eigenvalue weighted by Gasteiger charge is 2.28. The number of morpholine rings is 1. The summed E-state index contributed by atoms with van der Waals surface area (Å²) in [5.74, 6) is 0.787. The summed E-state index contributed by atoms with van der Waals surface area (Å²) in [7, 11) is 1.29. The number of ether oxygens (including phenoxy) is 3. The summed E-state index contributed by atoms with van der Waals surface area (Å²) < 4.78 is 45.2. The number of nitrogens with one attached hydrogen (secondary N) is 1. The van der Waals surface area contributed by atoms with Gasteiger partial charge in [-0.15, -0.1) is 0 Å². The predicted molar refractivity (Wildman–Crippen MR) is 123 cm³/mol. The minimum Gasteiger partial charge on any atom is -0.497 e. The van der Waals surface area contributed by atoms with Gasteiger partial charge in [0.15, 0.2) is 0 Å². The van der Waals surface area contributed by atoms with E-state index in [1.807, 2.05) is 0 Å². The van der Waals surface area contributed by atoms with Crippen LogP contribution in [0.2, 0.25) is 0 Å². The maximum Gasteiger partial charge on any atom is 0.244 e. The molecule has 9 heteroatoms. The third-order valence-electron chi connectivity index (χ3n) is 6.23. The molecule has 8 nitrogen and oxygen atoms in total. The molecule has 1 saturated heterocycles. The Balaban J connectivity index is 1.59. The molecule has 0 spiro atoms. The van der Waals surface area contributed by atoms with Crippen LogP contribution in [0.1, 0.15) is 17.2 Å². The Labute approximate surface area is 190 Å². The fourth-order valence-electron chi connectivity index (χ4n) is 4.40. The molecule has 32 heavy (non-hydrogen) atoms. The van der Waals surface area contributed by atoms with E-state index in [0.29, 0.717) is 19.0 Å². The highest BCUT2D eigenvalue weighted by Crippen LogP contribution is 2.32. The van der Waals surface area contributed by atoms with Crippen LogP contribution in [0, 0.1) is 0 Å². The van der Waals surface area contributed by atoms with Crippen LogP contribution >= 0.6 is 0 Å². The summed E-state index contributed by atoms with van der Waals surface area (Å²) in [4.78, 5) is 4.64. The van der Waals surface area contributed by atoms with Crippen molar-refractivity contribution in [2.75, 3.05) is 65.6 Å². The zero-order chi connectivity index (χ0) is 22.7. The van der Waals surface area contributed by atoms with E-state index in [4.69, 9.17) is 14.2 Å². The number of hydrogen-bond donors (Lipinski definition) is 1. The molecule has 2 aromatic carbocycles. The predicted octanol–water partition coefficient (Wildman–Crippen LogP) is 2.05. The largest absolute Gasteiger partial charge is 0.497 e. The average Bonchev–Trinajstić information content (AvgIpc) is 3.19. The van der Waals surface area contributed by atoms with Gasteiger partial charge in [-0.25, -0.2) is 13.1 Å². The highest BCUT2D eigenvalue weighted by molar-refractivity contribution is 7.89. The second-order valence-electron chi connectivity index (χ2n) is 8.09. The van der Waals surface area contributed by atoms with Crippen LogP contribution in [0.5, 0.6) is 11.5 Å². The Hall–Kier alpha value is -2.33. The van der Waals surface area contributed by atoms with Crippen LogP contribution in [0.4, 0.5) is 5.69 Å². The molecule has 2 aromatic rings. The number of methoxy groups -OCH3 is 2. The summed E-state index contributed by atoms with van der Waals surface area (Å²) >= 11 is 0. The molecule has 0 amide bonds. The third kappa shape index (κ3) is 4.71. The Morgan fingerprint density at radius 3 is 2.56 bits per heavy atom. The molecule has 2 aliphatic rings. The zero-order valence-electron chi connectivity index (χ0n) is 18.8. The number of likely N-dealkylation sites (N-methyl/N-ethyl adjacent to an activating group) is 1. The lowest BCUT2D eigenvalue weighted by Crippen LogP contribution is -2.43. The van der Waals surface area contributed by atoms with Gasteiger partial charge in [-0.3, -0.25) is 4.90 Å². The summed E-state index contributed by atoms with van der Waals surface area (Å²) in [5, 5.41) is 0. The molecular weight excluding hydrogens is 430 g/mol. The fourth-order valence-corrected chi connectivity index (χ4v) is 5.59. The van der Waals surface area contributed by atoms with E-state index in [1.165, 1.54) is 31.5 Å². The molecule has 1 atom stereocenters. The van der Waals surface area contributed by atoms with E-state index >= 15 is 0 Å². The van der Waals surface area contributed by atoms with Crippen molar-refractivity contribution >= 4 is 15.7 Å². The van der Waals surface area contributed by atoms with Crippen LogP contribution in [-0.4, -0.2) is 74.0 Å². The van der Waals surface area contributed by atoms with Gasteiger partial charge >= 0.3 is 0 Å². The van der Waals surface area contributed by atoms with Crippen molar-refractivity contribution in [2.24, 2.45) is 0 Å². The molecule has 174 valence electrons. The van der Waals surface area contributed by atoms with Crippen molar-refractivity contribution in [3.8, 4) is 11.5 Å². The number of anilines is 1. The highest BCUT2D eigenvalue weighted by atomic mass is 32.2. The molecule has 0 saturated carbocycles. The first-order valence-electron chi connectivity index (χ1n) is 10.8. The lowest BCUT2D eigenvalue weighted by Gasteiger charge is -2.35. The first-order valence-corrected chi connectivity index (χ1v) is 12.3. The number of rotatable bonds is 8. The average molecular weight is 462 g/mol. The minimum atomic E-state index is -3.79. The molecule has 0 radical (unpaired) electrons. The van der Waals surface area contributed by atoms with Gasteiger partial charge < -0.3 is 19.1 Å². The van der Waals surface area contributed by atoms with Crippen LogP contribution in [0.15, 0.2) is 41.3 Å². The summed E-state index contributed by atoms with van der Waals surface area (Å²) in [6.45, 7) is 4.06. The number of nitrogens with zero attached hydrogens (tertiary/aromatic N) is 2. The van der Waals surface area contributed by atoms with Gasteiger partial charge in [-0.1, -0.05) is 12.1 Å². The number of sulfonamides is 1. The van der Waals surface area contributed by atoms with E-state index in [0.717, 1.165) is 31.6 Å². The van der Waals surface area contributed by atoms with Crippen molar-refractivity contribution in [1.82, 2.24) is 9.62 Å². The smallest absolute Gasteiger partial charge is 0.244 e. The topological polar surface area (TPSA) is 80.3 Å². The number of benzene rings is 2. The van der Waals surface area contributed by atoms with Crippen LogP contribution in [-0.2, 0) is 21.2 Å². The molecule has 2 heterocycles. The van der Waals surface area contributed by atoms with E-state index < -0.39 is 10.0 Å². The monoisotopic (exact) mass is 461 g/mol. The van der Waals surface area contributed by atoms with E-state index in [9.17, 15) is 8.42 Å². The van der Waals surface area contributed by atoms with Gasteiger partial charge in [0.05, 0.1) is 27.4 Å². The fraction of sp³-hybridized carbons (Fsp3) is 0.478. The summed E-state index contributed by atoms with van der Waals surface area (Å²) in [5.41, 5.74) is 3.67. The lowest BCUT2D eigenvalue weighted by molar-refractivity contribution is 0.0172. The molecule has 1 fully saturated rings. The van der Waals surface area contributed by atoms with E-state index in [1.54, 1.807) is 12.1 Å². The Kier molecular flexibility index (Phi) is 6.90. The first kappa shape index (κ1) is 22.8. The SMILES string of the molecule is COc1ccc(S(=O)(=O)NC[C@H](c2ccc3c(c2)CCN3C)N2CCOCC2)c(OC)c1. The van der Waals surface area contributed by atoms with Gasteiger partial charge in [0.25, 0.3) is 0 Å². The lowest BCUT2D eigenvalue weighted by atomic mass is 10.0. The van der Waals surface area contributed by atoms with E-state index in [2.05, 4.69) is 39.8 Å². The zero-order valence-corrected chi connectivity index (χ0v) is 19.7. The quantitative estimate of drug-likeness (QED) is 0.644.